The Morgan fingerprint density at radius 1 is 0.818 bits per heavy atom. The first-order valence-corrected chi connectivity index (χ1v) is 12.4. The number of hydrogen-bond donors (Lipinski definition) is 0. The van der Waals surface area contributed by atoms with Gasteiger partial charge in [0, 0.05) is 29.1 Å². The minimum atomic E-state index is -0.649. The molecule has 2 nitrogen and oxygen atoms in total. The smallest absolute Gasteiger partial charge is 0.217 e. The molecule has 0 spiro atoms. The minimum absolute atomic E-state index is 0. The fourth-order valence-corrected chi connectivity index (χ4v) is 6.09. The predicted molar refractivity (Wildman–Crippen MR) is 137 cm³/mol. The van der Waals surface area contributed by atoms with E-state index >= 15 is 0 Å². The van der Waals surface area contributed by atoms with Gasteiger partial charge >= 0.3 is 0 Å². The van der Waals surface area contributed by atoms with Gasteiger partial charge in [0.1, 0.15) is 6.61 Å². The van der Waals surface area contributed by atoms with E-state index in [0.29, 0.717) is 6.61 Å². The van der Waals surface area contributed by atoms with Crippen molar-refractivity contribution in [3.8, 4) is 0 Å². The van der Waals surface area contributed by atoms with Gasteiger partial charge in [0.2, 0.25) is 5.88 Å². The second-order valence-electron chi connectivity index (χ2n) is 8.92. The molecule has 0 unspecified atom stereocenters. The van der Waals surface area contributed by atoms with E-state index in [-0.39, 0.29) is 28.5 Å². The molecule has 2 aromatic carbocycles. The molecule has 0 bridgehead atoms. The van der Waals surface area contributed by atoms with Gasteiger partial charge in [0.15, 0.2) is 0 Å². The van der Waals surface area contributed by atoms with Crippen molar-refractivity contribution in [2.45, 2.75) is 26.8 Å². The molecule has 4 heteroatoms. The fourth-order valence-electron chi connectivity index (χ4n) is 3.65. The van der Waals surface area contributed by atoms with Crippen LogP contribution in [0.15, 0.2) is 120 Å². The molecule has 1 fully saturated rings. The summed E-state index contributed by atoms with van der Waals surface area (Å²) < 4.78 is 6.06. The molecular weight excluding hydrogens is 465 g/mol. The Bertz CT molecular complexity index is 1010. The molecule has 2 aromatic rings. The summed E-state index contributed by atoms with van der Waals surface area (Å²) in [5, 5.41) is 8.94. The molecule has 0 N–H and O–H groups in total. The van der Waals surface area contributed by atoms with Crippen molar-refractivity contribution >= 4 is 18.5 Å². The average Bonchev–Trinajstić information content (AvgIpc) is 3.58. The quantitative estimate of drug-likeness (QED) is 0.370. The molecule has 2 aliphatic carbocycles. The first kappa shape index (κ1) is 25.3. The molecular formula is C29H30FeNOP. The Morgan fingerprint density at radius 2 is 1.39 bits per heavy atom. The summed E-state index contributed by atoms with van der Waals surface area (Å²) in [4.78, 5) is 0. The Morgan fingerprint density at radius 3 is 1.85 bits per heavy atom. The summed E-state index contributed by atoms with van der Waals surface area (Å²) in [7, 11) is -0.649. The molecule has 1 saturated heterocycles. The van der Waals surface area contributed by atoms with Crippen LogP contribution in [-0.4, -0.2) is 12.6 Å². The van der Waals surface area contributed by atoms with Gasteiger partial charge in [-0.25, -0.2) is 5.32 Å². The first-order chi connectivity index (χ1) is 15.5. The molecule has 5 rings (SSSR count). The number of benzene rings is 2. The summed E-state index contributed by atoms with van der Waals surface area (Å²) in [6, 6.07) is 21.7. The summed E-state index contributed by atoms with van der Waals surface area (Å²) >= 11 is 0. The van der Waals surface area contributed by atoms with Crippen LogP contribution in [0, 0.1) is 11.8 Å². The second-order valence-corrected chi connectivity index (χ2v) is 11.1. The molecule has 1 atom stereocenters. The maximum atomic E-state index is 6.06. The topological polar surface area (TPSA) is 23.3 Å². The normalized spacial score (nSPS) is 20.6. The summed E-state index contributed by atoms with van der Waals surface area (Å²) in [6.07, 6.45) is 16.5. The van der Waals surface area contributed by atoms with Gasteiger partial charge in [-0.05, 0) is 35.3 Å². The molecule has 170 valence electrons. The maximum Gasteiger partial charge on any atom is 0.217 e. The van der Waals surface area contributed by atoms with Crippen LogP contribution in [0.2, 0.25) is 0 Å². The number of nitrogens with zero attached hydrogens (tertiary/aromatic N) is 1. The Hall–Kier alpha value is -2.31. The van der Waals surface area contributed by atoms with Crippen LogP contribution < -0.4 is 15.9 Å². The van der Waals surface area contributed by atoms with E-state index in [1.807, 2.05) is 30.7 Å². The third-order valence-corrected chi connectivity index (χ3v) is 8.00. The number of allylic oxidation sites excluding steroid dienone is 9. The van der Waals surface area contributed by atoms with Crippen molar-refractivity contribution in [3.63, 3.8) is 0 Å². The van der Waals surface area contributed by atoms with E-state index in [9.17, 15) is 0 Å². The molecule has 3 aliphatic rings. The third kappa shape index (κ3) is 6.39. The summed E-state index contributed by atoms with van der Waals surface area (Å²) in [5.74, 6) is 0.800. The van der Waals surface area contributed by atoms with Crippen LogP contribution in [0.25, 0.3) is 0 Å². The Kier molecular flexibility index (Phi) is 8.98. The van der Waals surface area contributed by atoms with Crippen molar-refractivity contribution in [3.05, 3.63) is 126 Å². The first-order valence-electron chi connectivity index (χ1n) is 11.1. The van der Waals surface area contributed by atoms with Crippen molar-refractivity contribution in [2.24, 2.45) is 5.41 Å². The largest absolute Gasteiger partial charge is 0.475 e. The second kappa shape index (κ2) is 11.7. The molecule has 33 heavy (non-hydrogen) atoms. The molecule has 0 saturated carbocycles. The van der Waals surface area contributed by atoms with Crippen LogP contribution in [-0.2, 0) is 21.8 Å². The van der Waals surface area contributed by atoms with E-state index < -0.39 is 7.92 Å². The van der Waals surface area contributed by atoms with E-state index in [1.165, 1.54) is 15.9 Å². The van der Waals surface area contributed by atoms with E-state index in [2.05, 4.69) is 99.7 Å². The van der Waals surface area contributed by atoms with Crippen LogP contribution in [0.1, 0.15) is 20.8 Å². The van der Waals surface area contributed by atoms with Gasteiger partial charge in [-0.1, -0.05) is 118 Å². The number of ether oxygens (including phenoxy) is 1. The van der Waals surface area contributed by atoms with Crippen LogP contribution in [0.5, 0.6) is 0 Å². The maximum absolute atomic E-state index is 6.06. The standard InChI is InChI=1S/C24H25NOP.C5H5.Fe/c1-24(2,3)22-17-26-23(25-22)20-15-10-16-21(20)27(18-11-6-4-7-12-18)19-13-8-5-9-14-19;1-2-4-5-3-1;/h4-16,22H,17H2,1-3H3;1-5H;/t22-;;/m0../s1. The summed E-state index contributed by atoms with van der Waals surface area (Å²) in [5.41, 5.74) is 1.25. The molecule has 0 amide bonds. The van der Waals surface area contributed by atoms with Gasteiger partial charge < -0.3 is 4.74 Å². The number of rotatable bonds is 3. The third-order valence-electron chi connectivity index (χ3n) is 5.50. The average molecular weight is 495 g/mol. The Balaban J connectivity index is 0.000000453. The predicted octanol–water partition coefficient (Wildman–Crippen LogP) is 6.15. The van der Waals surface area contributed by atoms with Crippen molar-refractivity contribution in [1.29, 1.82) is 0 Å². The summed E-state index contributed by atoms with van der Waals surface area (Å²) in [6.45, 7) is 7.33. The van der Waals surface area contributed by atoms with Gasteiger partial charge in [0.05, 0.1) is 6.04 Å². The van der Waals surface area contributed by atoms with E-state index in [4.69, 9.17) is 10.1 Å². The minimum Gasteiger partial charge on any atom is -0.475 e. The van der Waals surface area contributed by atoms with Crippen molar-refractivity contribution < 1.29 is 21.8 Å². The number of hydrogen-bond acceptors (Lipinski definition) is 1. The zero-order chi connectivity index (χ0) is 22.4. The molecule has 2 radical (unpaired) electrons. The van der Waals surface area contributed by atoms with Crippen LogP contribution in [0.3, 0.4) is 0 Å². The molecule has 0 aromatic heterocycles. The van der Waals surface area contributed by atoms with Gasteiger partial charge in [-0.15, -0.1) is 0 Å². The monoisotopic (exact) mass is 495 g/mol. The zero-order valence-electron chi connectivity index (χ0n) is 19.3. The Labute approximate surface area is 210 Å². The van der Waals surface area contributed by atoms with Gasteiger partial charge in [0.25, 0.3) is 0 Å². The molecule has 1 aliphatic heterocycles. The van der Waals surface area contributed by atoms with Gasteiger partial charge in [-0.3, -0.25) is 0 Å². The fraction of sp³-hybridized carbons (Fsp3) is 0.207. The zero-order valence-corrected chi connectivity index (χ0v) is 21.3. The van der Waals surface area contributed by atoms with Gasteiger partial charge in [-0.2, -0.15) is 0 Å². The van der Waals surface area contributed by atoms with Crippen molar-refractivity contribution in [2.75, 3.05) is 6.61 Å². The SMILES string of the molecule is CC(C)(C)[C@@H]1COC(=C2C=CC=C2P(c2ccccc2)c2ccccc2)[N]1.[CH]1C=CC=C1.[Fe]. The van der Waals surface area contributed by atoms with E-state index in [0.717, 1.165) is 11.5 Å². The van der Waals surface area contributed by atoms with E-state index in [1.54, 1.807) is 0 Å². The van der Waals surface area contributed by atoms with Crippen LogP contribution in [0.4, 0.5) is 0 Å². The van der Waals surface area contributed by atoms with Crippen molar-refractivity contribution in [1.82, 2.24) is 5.32 Å². The molecule has 1 heterocycles. The van der Waals surface area contributed by atoms with Crippen LogP contribution >= 0.6 is 7.92 Å².